The number of rotatable bonds is 6. The van der Waals surface area contributed by atoms with Crippen LogP contribution in [-0.2, 0) is 19.3 Å². The predicted octanol–water partition coefficient (Wildman–Crippen LogP) is 4.60. The molecule has 4 rings (SSSR count). The first-order valence-corrected chi connectivity index (χ1v) is 10.5. The molecule has 6 heteroatoms. The molecule has 4 nitrogen and oxygen atoms in total. The molecular formula is C23H21FN2O2S. The highest BCUT2D eigenvalue weighted by Gasteiger charge is 2.27. The number of benzene rings is 2. The summed E-state index contributed by atoms with van der Waals surface area (Å²) in [5.74, 6) is -1.31. The maximum atomic E-state index is 14.0. The van der Waals surface area contributed by atoms with E-state index in [9.17, 15) is 14.0 Å². The van der Waals surface area contributed by atoms with Crippen LogP contribution in [-0.4, -0.2) is 18.4 Å². The number of amides is 2. The molecule has 1 aliphatic rings. The van der Waals surface area contributed by atoms with Gasteiger partial charge in [0, 0.05) is 11.4 Å². The Balaban J connectivity index is 1.51. The van der Waals surface area contributed by atoms with E-state index in [4.69, 9.17) is 0 Å². The lowest BCUT2D eigenvalue weighted by atomic mass is 10.1. The van der Waals surface area contributed by atoms with Gasteiger partial charge in [-0.15, -0.1) is 11.3 Å². The summed E-state index contributed by atoms with van der Waals surface area (Å²) in [7, 11) is 0. The number of hydrogen-bond acceptors (Lipinski definition) is 3. The van der Waals surface area contributed by atoms with Gasteiger partial charge in [-0.05, 0) is 48.9 Å². The number of halogens is 1. The number of nitrogens with one attached hydrogen (secondary N) is 2. The molecule has 0 saturated carbocycles. The van der Waals surface area contributed by atoms with Gasteiger partial charge in [0.15, 0.2) is 0 Å². The highest BCUT2D eigenvalue weighted by molar-refractivity contribution is 7.17. The summed E-state index contributed by atoms with van der Waals surface area (Å²) in [5, 5.41) is 6.24. The topological polar surface area (TPSA) is 58.2 Å². The van der Waals surface area contributed by atoms with Crippen molar-refractivity contribution in [2.24, 2.45) is 0 Å². The fourth-order valence-electron chi connectivity index (χ4n) is 3.60. The van der Waals surface area contributed by atoms with Crippen LogP contribution in [0.3, 0.4) is 0 Å². The van der Waals surface area contributed by atoms with Crippen LogP contribution in [0.25, 0.3) is 0 Å². The van der Waals surface area contributed by atoms with Crippen LogP contribution in [0.4, 0.5) is 9.39 Å². The van der Waals surface area contributed by atoms with Gasteiger partial charge in [0.25, 0.3) is 11.8 Å². The van der Waals surface area contributed by atoms with Crippen LogP contribution < -0.4 is 10.6 Å². The van der Waals surface area contributed by atoms with Crippen LogP contribution in [0.15, 0.2) is 54.6 Å². The van der Waals surface area contributed by atoms with Crippen molar-refractivity contribution in [2.45, 2.75) is 25.7 Å². The molecule has 148 valence electrons. The maximum absolute atomic E-state index is 14.0. The number of carbonyl (C=O) groups excluding carboxylic acids is 2. The molecular weight excluding hydrogens is 387 g/mol. The van der Waals surface area contributed by atoms with Gasteiger partial charge < -0.3 is 10.6 Å². The molecule has 2 N–H and O–H groups in total. The highest BCUT2D eigenvalue weighted by atomic mass is 32.1. The van der Waals surface area contributed by atoms with Crippen LogP contribution >= 0.6 is 11.3 Å². The first-order valence-electron chi connectivity index (χ1n) is 9.66. The summed E-state index contributed by atoms with van der Waals surface area (Å²) in [6.45, 7) is 0.508. The zero-order chi connectivity index (χ0) is 20.2. The normalized spacial score (nSPS) is 12.4. The minimum Gasteiger partial charge on any atom is -0.352 e. The first kappa shape index (κ1) is 19.3. The van der Waals surface area contributed by atoms with Crippen molar-refractivity contribution in [1.82, 2.24) is 5.32 Å². The Bertz CT molecular complexity index is 1050. The van der Waals surface area contributed by atoms with Crippen LogP contribution in [0.1, 0.15) is 43.1 Å². The number of thiophene rings is 1. The molecule has 1 aromatic heterocycles. The molecule has 0 atom stereocenters. The zero-order valence-electron chi connectivity index (χ0n) is 15.8. The van der Waals surface area contributed by atoms with Gasteiger partial charge in [-0.3, -0.25) is 9.59 Å². The van der Waals surface area contributed by atoms with E-state index in [1.165, 1.54) is 29.5 Å². The lowest BCUT2D eigenvalue weighted by Gasteiger charge is -2.10. The second-order valence-electron chi connectivity index (χ2n) is 6.99. The fraction of sp³-hybridized carbons (Fsp3) is 0.217. The van der Waals surface area contributed by atoms with Crippen molar-refractivity contribution in [3.05, 3.63) is 87.5 Å². The van der Waals surface area contributed by atoms with Gasteiger partial charge >= 0.3 is 0 Å². The monoisotopic (exact) mass is 408 g/mol. The molecule has 1 heterocycles. The summed E-state index contributed by atoms with van der Waals surface area (Å²) >= 11 is 1.42. The molecule has 0 unspecified atom stereocenters. The van der Waals surface area contributed by atoms with Gasteiger partial charge in [0.1, 0.15) is 10.8 Å². The Morgan fingerprint density at radius 3 is 2.52 bits per heavy atom. The standard InChI is InChI=1S/C23H21FN2O2S/c24-18-11-5-4-9-16(18)21(27)26-23-20(17-10-6-12-19(17)29-23)22(28)25-14-13-15-7-2-1-3-8-15/h1-5,7-9,11H,6,10,12-14H2,(H,25,28)(H,26,27). The van der Waals surface area contributed by atoms with E-state index in [1.807, 2.05) is 30.3 Å². The van der Waals surface area contributed by atoms with E-state index < -0.39 is 11.7 Å². The number of anilines is 1. The second kappa shape index (κ2) is 8.57. The molecule has 1 aliphatic carbocycles. The maximum Gasteiger partial charge on any atom is 0.259 e. The van der Waals surface area contributed by atoms with Crippen molar-refractivity contribution in [3.63, 3.8) is 0 Å². The predicted molar refractivity (Wildman–Crippen MR) is 113 cm³/mol. The van der Waals surface area contributed by atoms with E-state index >= 15 is 0 Å². The quantitative estimate of drug-likeness (QED) is 0.626. The van der Waals surface area contributed by atoms with Crippen LogP contribution in [0.5, 0.6) is 0 Å². The number of carbonyl (C=O) groups is 2. The van der Waals surface area contributed by atoms with Crippen molar-refractivity contribution >= 4 is 28.2 Å². The Kier molecular flexibility index (Phi) is 5.71. The summed E-state index contributed by atoms with van der Waals surface area (Å²) in [6.07, 6.45) is 3.46. The minimum absolute atomic E-state index is 0.0310. The van der Waals surface area contributed by atoms with Gasteiger partial charge in [0.05, 0.1) is 11.1 Å². The second-order valence-corrected chi connectivity index (χ2v) is 8.09. The largest absolute Gasteiger partial charge is 0.352 e. The molecule has 0 fully saturated rings. The Morgan fingerprint density at radius 2 is 1.72 bits per heavy atom. The van der Waals surface area contributed by atoms with Crippen LogP contribution in [0.2, 0.25) is 0 Å². The van der Waals surface area contributed by atoms with Gasteiger partial charge in [-0.1, -0.05) is 42.5 Å². The molecule has 0 aliphatic heterocycles. The van der Waals surface area contributed by atoms with Crippen LogP contribution in [0, 0.1) is 5.82 Å². The van der Waals surface area contributed by atoms with E-state index in [-0.39, 0.29) is 11.5 Å². The highest BCUT2D eigenvalue weighted by Crippen LogP contribution is 2.39. The summed E-state index contributed by atoms with van der Waals surface area (Å²) in [6, 6.07) is 15.8. The summed E-state index contributed by atoms with van der Waals surface area (Å²) in [4.78, 5) is 26.6. The Hall–Kier alpha value is -2.99. The summed E-state index contributed by atoms with van der Waals surface area (Å²) in [5.41, 5.74) is 2.66. The fourth-order valence-corrected chi connectivity index (χ4v) is 4.88. The average molecular weight is 408 g/mol. The molecule has 3 aromatic rings. The van der Waals surface area contributed by atoms with E-state index in [0.29, 0.717) is 17.1 Å². The van der Waals surface area contributed by atoms with Crippen molar-refractivity contribution in [1.29, 1.82) is 0 Å². The average Bonchev–Trinajstić information content (AvgIpc) is 3.29. The third-order valence-electron chi connectivity index (χ3n) is 5.04. The minimum atomic E-state index is -0.581. The SMILES string of the molecule is O=C(Nc1sc2c(c1C(=O)NCCc1ccccc1)CCC2)c1ccccc1F. The van der Waals surface area contributed by atoms with Gasteiger partial charge in [-0.25, -0.2) is 4.39 Å². The zero-order valence-corrected chi connectivity index (χ0v) is 16.7. The van der Waals surface area contributed by atoms with E-state index in [1.54, 1.807) is 6.07 Å². The molecule has 0 saturated heterocycles. The molecule has 2 aromatic carbocycles. The smallest absolute Gasteiger partial charge is 0.259 e. The molecule has 2 amide bonds. The number of aryl methyl sites for hydroxylation is 1. The lowest BCUT2D eigenvalue weighted by Crippen LogP contribution is -2.27. The Morgan fingerprint density at radius 1 is 0.966 bits per heavy atom. The Labute approximate surface area is 172 Å². The number of fused-ring (bicyclic) bond motifs is 1. The number of hydrogen-bond donors (Lipinski definition) is 2. The van der Waals surface area contributed by atoms with Gasteiger partial charge in [0.2, 0.25) is 0 Å². The van der Waals surface area contributed by atoms with E-state index in [2.05, 4.69) is 10.6 Å². The van der Waals surface area contributed by atoms with Crippen molar-refractivity contribution in [3.8, 4) is 0 Å². The summed E-state index contributed by atoms with van der Waals surface area (Å²) < 4.78 is 14.0. The van der Waals surface area contributed by atoms with Gasteiger partial charge in [-0.2, -0.15) is 0 Å². The third-order valence-corrected chi connectivity index (χ3v) is 6.24. The third kappa shape index (κ3) is 4.22. The van der Waals surface area contributed by atoms with E-state index in [0.717, 1.165) is 41.7 Å². The molecule has 29 heavy (non-hydrogen) atoms. The molecule has 0 bridgehead atoms. The lowest BCUT2D eigenvalue weighted by molar-refractivity contribution is 0.0954. The molecule has 0 spiro atoms. The van der Waals surface area contributed by atoms with Crippen molar-refractivity contribution in [2.75, 3.05) is 11.9 Å². The molecule has 0 radical (unpaired) electrons. The van der Waals surface area contributed by atoms with Crippen molar-refractivity contribution < 1.29 is 14.0 Å². The first-order chi connectivity index (χ1) is 14.1.